The molecule has 68 valence electrons. The van der Waals surface area contributed by atoms with Gasteiger partial charge in [-0.3, -0.25) is 9.91 Å². The molecule has 2 aliphatic rings. The quantitative estimate of drug-likeness (QED) is 0.534. The van der Waals surface area contributed by atoms with E-state index < -0.39 is 0 Å². The van der Waals surface area contributed by atoms with Crippen molar-refractivity contribution in [3.63, 3.8) is 0 Å². The van der Waals surface area contributed by atoms with Gasteiger partial charge in [-0.05, 0) is 0 Å². The Morgan fingerprint density at radius 2 is 1.83 bits per heavy atom. The maximum atomic E-state index is 10.2. The zero-order chi connectivity index (χ0) is 8.39. The van der Waals surface area contributed by atoms with Crippen molar-refractivity contribution in [2.45, 2.75) is 6.04 Å². The van der Waals surface area contributed by atoms with Gasteiger partial charge in [-0.2, -0.15) is 0 Å². The molecule has 0 radical (unpaired) electrons. The highest BCUT2D eigenvalue weighted by molar-refractivity contribution is 4.81. The molecule has 0 atom stereocenters. The lowest BCUT2D eigenvalue weighted by molar-refractivity contribution is -0.0768. The summed E-state index contributed by atoms with van der Waals surface area (Å²) in [6.07, 6.45) is 0. The Kier molecular flexibility index (Phi) is 2.23. The molecule has 0 saturated carbocycles. The van der Waals surface area contributed by atoms with Gasteiger partial charge in [-0.25, -0.2) is 0 Å². The summed E-state index contributed by atoms with van der Waals surface area (Å²) in [5, 5.41) is 4.49. The van der Waals surface area contributed by atoms with Crippen LogP contribution in [-0.2, 0) is 4.74 Å². The first-order valence-electron chi connectivity index (χ1n) is 4.30. The first-order valence-corrected chi connectivity index (χ1v) is 4.30. The third kappa shape index (κ3) is 1.42. The predicted molar refractivity (Wildman–Crippen MR) is 43.5 cm³/mol. The molecule has 2 heterocycles. The molecule has 0 spiro atoms. The van der Waals surface area contributed by atoms with Crippen LogP contribution in [0.2, 0.25) is 0 Å². The minimum absolute atomic E-state index is 0.596. The average molecular weight is 171 g/mol. The van der Waals surface area contributed by atoms with E-state index in [0.717, 1.165) is 39.4 Å². The molecule has 0 bridgehead atoms. The van der Waals surface area contributed by atoms with Crippen LogP contribution >= 0.6 is 0 Å². The molecule has 0 N–H and O–H groups in total. The molecule has 0 aliphatic carbocycles. The molecule has 0 amide bonds. The fourth-order valence-electron chi connectivity index (χ4n) is 1.59. The van der Waals surface area contributed by atoms with Gasteiger partial charge >= 0.3 is 0 Å². The summed E-state index contributed by atoms with van der Waals surface area (Å²) >= 11 is 0. The standard InChI is InChI=1S/C7H13N3O2/c11-8-10-3-1-9(2-4-10)7-5-12-6-7/h7H,1-6H2. The minimum atomic E-state index is 0.596. The summed E-state index contributed by atoms with van der Waals surface area (Å²) in [7, 11) is 0. The smallest absolute Gasteiger partial charge is 0.0645 e. The Labute approximate surface area is 71.2 Å². The van der Waals surface area contributed by atoms with Gasteiger partial charge in [0.05, 0.1) is 37.6 Å². The van der Waals surface area contributed by atoms with Crippen LogP contribution in [-0.4, -0.2) is 55.3 Å². The van der Waals surface area contributed by atoms with E-state index in [1.54, 1.807) is 5.01 Å². The maximum Gasteiger partial charge on any atom is 0.0645 e. The summed E-state index contributed by atoms with van der Waals surface area (Å²) in [4.78, 5) is 12.5. The predicted octanol–water partition coefficient (Wildman–Crippen LogP) is -0.316. The molecule has 0 unspecified atom stereocenters. The van der Waals surface area contributed by atoms with Gasteiger partial charge in [0, 0.05) is 13.1 Å². The fourth-order valence-corrected chi connectivity index (χ4v) is 1.59. The van der Waals surface area contributed by atoms with Gasteiger partial charge in [-0.1, -0.05) is 0 Å². The van der Waals surface area contributed by atoms with Gasteiger partial charge in [0.2, 0.25) is 0 Å². The number of nitrogens with zero attached hydrogens (tertiary/aromatic N) is 3. The van der Waals surface area contributed by atoms with Crippen LogP contribution in [0.3, 0.4) is 0 Å². The number of nitroso groups, excluding NO2 is 1. The van der Waals surface area contributed by atoms with E-state index in [0.29, 0.717) is 6.04 Å². The highest BCUT2D eigenvalue weighted by atomic mass is 16.5. The maximum absolute atomic E-state index is 10.2. The molecular weight excluding hydrogens is 158 g/mol. The van der Waals surface area contributed by atoms with Crippen LogP contribution in [0.4, 0.5) is 0 Å². The van der Waals surface area contributed by atoms with E-state index in [-0.39, 0.29) is 0 Å². The van der Waals surface area contributed by atoms with Crippen LogP contribution in [0.25, 0.3) is 0 Å². The van der Waals surface area contributed by atoms with Crippen LogP contribution in [0.5, 0.6) is 0 Å². The van der Waals surface area contributed by atoms with E-state index in [1.165, 1.54) is 0 Å². The monoisotopic (exact) mass is 171 g/mol. The molecule has 5 heteroatoms. The lowest BCUT2D eigenvalue weighted by Crippen LogP contribution is -2.55. The molecule has 0 aromatic rings. The lowest BCUT2D eigenvalue weighted by atomic mass is 10.2. The van der Waals surface area contributed by atoms with E-state index in [4.69, 9.17) is 4.74 Å². The SMILES string of the molecule is O=NN1CCN(C2COC2)CC1. The first-order chi connectivity index (χ1) is 5.90. The van der Waals surface area contributed by atoms with Crippen molar-refractivity contribution in [2.24, 2.45) is 5.29 Å². The highest BCUT2D eigenvalue weighted by Gasteiger charge is 2.28. The zero-order valence-electron chi connectivity index (χ0n) is 6.98. The van der Waals surface area contributed by atoms with Gasteiger partial charge in [-0.15, -0.1) is 4.91 Å². The summed E-state index contributed by atoms with van der Waals surface area (Å²) in [6.45, 7) is 5.13. The van der Waals surface area contributed by atoms with E-state index in [1.807, 2.05) is 0 Å². The molecule has 2 aliphatic heterocycles. The second kappa shape index (κ2) is 3.37. The normalized spacial score (nSPS) is 26.8. The first kappa shape index (κ1) is 7.94. The van der Waals surface area contributed by atoms with Crippen molar-refractivity contribution in [1.29, 1.82) is 0 Å². The van der Waals surface area contributed by atoms with Crippen molar-refractivity contribution in [3.8, 4) is 0 Å². The molecule has 5 nitrogen and oxygen atoms in total. The van der Waals surface area contributed by atoms with Crippen molar-refractivity contribution >= 4 is 0 Å². The minimum Gasteiger partial charge on any atom is -0.378 e. The summed E-state index contributed by atoms with van der Waals surface area (Å²) in [5.41, 5.74) is 0. The van der Waals surface area contributed by atoms with Gasteiger partial charge in [0.25, 0.3) is 0 Å². The molecule has 2 fully saturated rings. The zero-order valence-corrected chi connectivity index (χ0v) is 6.98. The van der Waals surface area contributed by atoms with Gasteiger partial charge in [0.1, 0.15) is 0 Å². The van der Waals surface area contributed by atoms with Crippen LogP contribution in [0.15, 0.2) is 5.29 Å². The van der Waals surface area contributed by atoms with Crippen molar-refractivity contribution in [1.82, 2.24) is 9.91 Å². The summed E-state index contributed by atoms with van der Waals surface area (Å²) in [5.74, 6) is 0. The summed E-state index contributed by atoms with van der Waals surface area (Å²) < 4.78 is 5.10. The van der Waals surface area contributed by atoms with Crippen LogP contribution in [0, 0.1) is 4.91 Å². The molecule has 2 saturated heterocycles. The average Bonchev–Trinajstić information content (AvgIpc) is 2.03. The van der Waals surface area contributed by atoms with Crippen LogP contribution in [0.1, 0.15) is 0 Å². The van der Waals surface area contributed by atoms with E-state index in [9.17, 15) is 4.91 Å². The second-order valence-electron chi connectivity index (χ2n) is 3.26. The topological polar surface area (TPSA) is 45.1 Å². The van der Waals surface area contributed by atoms with E-state index in [2.05, 4.69) is 10.2 Å². The van der Waals surface area contributed by atoms with E-state index >= 15 is 0 Å². The molecular formula is C7H13N3O2. The Balaban J connectivity index is 1.77. The molecule has 2 rings (SSSR count). The van der Waals surface area contributed by atoms with Crippen LogP contribution < -0.4 is 0 Å². The van der Waals surface area contributed by atoms with Crippen molar-refractivity contribution in [3.05, 3.63) is 4.91 Å². The summed E-state index contributed by atoms with van der Waals surface area (Å²) in [6, 6.07) is 0.596. The molecule has 12 heavy (non-hydrogen) atoms. The largest absolute Gasteiger partial charge is 0.378 e. The number of hydrogen-bond donors (Lipinski definition) is 0. The third-order valence-corrected chi connectivity index (χ3v) is 2.54. The lowest BCUT2D eigenvalue weighted by Gasteiger charge is -2.40. The Morgan fingerprint density at radius 3 is 2.25 bits per heavy atom. The number of hydrogen-bond acceptors (Lipinski definition) is 4. The second-order valence-corrected chi connectivity index (χ2v) is 3.26. The van der Waals surface area contributed by atoms with Crippen molar-refractivity contribution < 1.29 is 4.74 Å². The van der Waals surface area contributed by atoms with Crippen molar-refractivity contribution in [2.75, 3.05) is 39.4 Å². The molecule has 0 aromatic heterocycles. The Bertz CT molecular complexity index is 164. The fraction of sp³-hybridized carbons (Fsp3) is 1.00. The molecule has 0 aromatic carbocycles. The Morgan fingerprint density at radius 1 is 1.17 bits per heavy atom. The third-order valence-electron chi connectivity index (χ3n) is 2.54. The Hall–Kier alpha value is -0.680. The van der Waals surface area contributed by atoms with Gasteiger partial charge < -0.3 is 4.74 Å². The highest BCUT2D eigenvalue weighted by Crippen LogP contribution is 2.12. The number of piperazine rings is 1. The number of rotatable bonds is 2. The van der Waals surface area contributed by atoms with Gasteiger partial charge in [0.15, 0.2) is 0 Å². The number of ether oxygens (including phenoxy) is 1.